The molecule has 0 aliphatic heterocycles. The number of nitriles is 1. The van der Waals surface area contributed by atoms with E-state index >= 15 is 0 Å². The molecule has 1 atom stereocenters. The van der Waals surface area contributed by atoms with Crippen molar-refractivity contribution < 1.29 is 9.53 Å². The average molecular weight is 480 g/mol. The number of rotatable bonds is 8. The van der Waals surface area contributed by atoms with Gasteiger partial charge in [0.05, 0.1) is 33.6 Å². The van der Waals surface area contributed by atoms with E-state index in [1.54, 1.807) is 17.4 Å². The number of likely N-dealkylation sites (N-methyl/N-ethyl adjacent to an activating group) is 2. The van der Waals surface area contributed by atoms with Crippen LogP contribution in [0.3, 0.4) is 0 Å². The molecule has 0 fully saturated rings. The number of alkyl carbamates (subject to hydrolysis) is 1. The van der Waals surface area contributed by atoms with Gasteiger partial charge in [0.1, 0.15) is 10.6 Å². The van der Waals surface area contributed by atoms with Crippen LogP contribution in [0.4, 0.5) is 10.5 Å². The van der Waals surface area contributed by atoms with Crippen molar-refractivity contribution in [2.24, 2.45) is 0 Å². The number of benzene rings is 2. The third-order valence-corrected chi connectivity index (χ3v) is 6.40. The fourth-order valence-electron chi connectivity index (χ4n) is 3.53. The lowest BCUT2D eigenvalue weighted by Crippen LogP contribution is -2.35. The highest BCUT2D eigenvalue weighted by Gasteiger charge is 2.24. The highest BCUT2D eigenvalue weighted by atomic mass is 32.1. The predicted octanol–water partition coefficient (Wildman–Crippen LogP) is 4.97. The van der Waals surface area contributed by atoms with Gasteiger partial charge in [-0.05, 0) is 71.1 Å². The topological polar surface area (TPSA) is 81.5 Å². The van der Waals surface area contributed by atoms with Crippen LogP contribution in [0.1, 0.15) is 42.9 Å². The Morgan fingerprint density at radius 1 is 1.18 bits per heavy atom. The summed E-state index contributed by atoms with van der Waals surface area (Å²) >= 11 is 1.58. The van der Waals surface area contributed by atoms with Gasteiger partial charge in [-0.3, -0.25) is 0 Å². The van der Waals surface area contributed by atoms with E-state index in [0.29, 0.717) is 12.0 Å². The minimum atomic E-state index is -0.606. The van der Waals surface area contributed by atoms with Crippen molar-refractivity contribution >= 4 is 33.3 Å². The molecule has 2 aromatic carbocycles. The molecule has 3 aromatic rings. The van der Waals surface area contributed by atoms with Crippen LogP contribution in [0.15, 0.2) is 42.5 Å². The predicted molar refractivity (Wildman–Crippen MR) is 138 cm³/mol. The third-order valence-electron chi connectivity index (χ3n) is 5.19. The number of amides is 1. The van der Waals surface area contributed by atoms with Crippen LogP contribution in [0.5, 0.6) is 0 Å². The second-order valence-electron chi connectivity index (χ2n) is 9.62. The molecular weight excluding hydrogens is 446 g/mol. The maximum atomic E-state index is 12.7. The van der Waals surface area contributed by atoms with E-state index in [1.807, 2.05) is 51.1 Å². The van der Waals surface area contributed by atoms with E-state index in [4.69, 9.17) is 9.72 Å². The standard InChI is InChI=1S/C26H33N5O2S/c1-26(2,3)33-25(32)29-21(16-18-9-7-10-19(15-18)17-27)24-28-20-11-8-12-22(23(20)34-24)31(6)14-13-30(4)5/h7-12,15,21H,13-14,16H2,1-6H3,(H,29,32). The molecular formula is C26H33N5O2S. The molecule has 0 radical (unpaired) electrons. The lowest BCUT2D eigenvalue weighted by atomic mass is 10.0. The molecule has 3 rings (SSSR count). The smallest absolute Gasteiger partial charge is 0.408 e. The Hall–Kier alpha value is -3.15. The zero-order valence-corrected chi connectivity index (χ0v) is 21.6. The molecule has 1 N–H and O–H groups in total. The summed E-state index contributed by atoms with van der Waals surface area (Å²) < 4.78 is 6.61. The minimum absolute atomic E-state index is 0.388. The number of ether oxygens (including phenoxy) is 1. The van der Waals surface area contributed by atoms with Gasteiger partial charge in [-0.15, -0.1) is 11.3 Å². The summed E-state index contributed by atoms with van der Waals surface area (Å²) in [6.07, 6.45) is 0.0110. The van der Waals surface area contributed by atoms with Gasteiger partial charge in [0, 0.05) is 20.1 Å². The molecule has 34 heavy (non-hydrogen) atoms. The molecule has 1 amide bonds. The minimum Gasteiger partial charge on any atom is -0.444 e. The van der Waals surface area contributed by atoms with Gasteiger partial charge in [0.15, 0.2) is 0 Å². The van der Waals surface area contributed by atoms with Crippen LogP contribution in [0, 0.1) is 11.3 Å². The number of anilines is 1. The molecule has 0 saturated heterocycles. The van der Waals surface area contributed by atoms with Gasteiger partial charge in [0.2, 0.25) is 0 Å². The first-order valence-electron chi connectivity index (χ1n) is 11.3. The van der Waals surface area contributed by atoms with E-state index in [0.717, 1.165) is 39.6 Å². The second-order valence-corrected chi connectivity index (χ2v) is 10.6. The Labute approximate surface area is 206 Å². The molecule has 0 aliphatic rings. The van der Waals surface area contributed by atoms with Crippen molar-refractivity contribution in [1.82, 2.24) is 15.2 Å². The van der Waals surface area contributed by atoms with Gasteiger partial charge in [-0.2, -0.15) is 5.26 Å². The maximum absolute atomic E-state index is 12.7. The summed E-state index contributed by atoms with van der Waals surface area (Å²) in [6, 6.07) is 15.3. The molecule has 7 nitrogen and oxygen atoms in total. The van der Waals surface area contributed by atoms with Crippen LogP contribution < -0.4 is 10.2 Å². The largest absolute Gasteiger partial charge is 0.444 e. The first kappa shape index (κ1) is 25.5. The monoisotopic (exact) mass is 479 g/mol. The average Bonchev–Trinajstić information content (AvgIpc) is 3.20. The fraction of sp³-hybridized carbons (Fsp3) is 0.423. The molecule has 1 unspecified atom stereocenters. The van der Waals surface area contributed by atoms with Gasteiger partial charge in [0.25, 0.3) is 0 Å². The van der Waals surface area contributed by atoms with Crippen LogP contribution in [-0.2, 0) is 11.2 Å². The Kier molecular flexibility index (Phi) is 8.13. The first-order chi connectivity index (χ1) is 16.1. The number of nitrogens with one attached hydrogen (secondary N) is 1. The summed E-state index contributed by atoms with van der Waals surface area (Å²) in [5.74, 6) is 0. The van der Waals surface area contributed by atoms with Crippen molar-refractivity contribution in [2.45, 2.75) is 38.8 Å². The summed E-state index contributed by atoms with van der Waals surface area (Å²) in [4.78, 5) is 21.9. The lowest BCUT2D eigenvalue weighted by molar-refractivity contribution is 0.0503. The molecule has 0 spiro atoms. The van der Waals surface area contributed by atoms with Crippen molar-refractivity contribution in [3.8, 4) is 6.07 Å². The Balaban J connectivity index is 1.95. The van der Waals surface area contributed by atoms with Gasteiger partial charge >= 0.3 is 6.09 Å². The van der Waals surface area contributed by atoms with Crippen molar-refractivity contribution in [1.29, 1.82) is 5.26 Å². The summed E-state index contributed by atoms with van der Waals surface area (Å²) in [7, 11) is 6.21. The first-order valence-corrected chi connectivity index (χ1v) is 12.1. The van der Waals surface area contributed by atoms with Crippen molar-refractivity contribution in [2.75, 3.05) is 39.1 Å². The lowest BCUT2D eigenvalue weighted by Gasteiger charge is -2.23. The number of hydrogen-bond donors (Lipinski definition) is 1. The van der Waals surface area contributed by atoms with E-state index < -0.39 is 11.7 Å². The third kappa shape index (κ3) is 6.92. The summed E-state index contributed by atoms with van der Waals surface area (Å²) in [6.45, 7) is 7.35. The number of fused-ring (bicyclic) bond motifs is 1. The maximum Gasteiger partial charge on any atom is 0.408 e. The number of hydrogen-bond acceptors (Lipinski definition) is 7. The number of carbonyl (C=O) groups is 1. The normalized spacial score (nSPS) is 12.4. The number of thiazole rings is 1. The molecule has 8 heteroatoms. The molecule has 180 valence electrons. The van der Waals surface area contributed by atoms with Crippen molar-refractivity contribution in [3.05, 3.63) is 58.6 Å². The zero-order valence-electron chi connectivity index (χ0n) is 20.8. The van der Waals surface area contributed by atoms with Crippen molar-refractivity contribution in [3.63, 3.8) is 0 Å². The SMILES string of the molecule is CN(C)CCN(C)c1cccc2nc(C(Cc3cccc(C#N)c3)NC(=O)OC(C)(C)C)sc12. The highest BCUT2D eigenvalue weighted by Crippen LogP contribution is 2.35. The van der Waals surface area contributed by atoms with Gasteiger partial charge in [-0.1, -0.05) is 18.2 Å². The zero-order chi connectivity index (χ0) is 24.9. The molecule has 0 aliphatic carbocycles. The second kappa shape index (κ2) is 10.9. The van der Waals surface area contributed by atoms with Crippen LogP contribution in [0.25, 0.3) is 10.2 Å². The van der Waals surface area contributed by atoms with Crippen LogP contribution >= 0.6 is 11.3 Å². The van der Waals surface area contributed by atoms with E-state index in [-0.39, 0.29) is 6.04 Å². The molecule has 1 aromatic heterocycles. The van der Waals surface area contributed by atoms with E-state index in [1.165, 1.54) is 0 Å². The summed E-state index contributed by atoms with van der Waals surface area (Å²) in [5.41, 5.74) is 2.94. The Bertz CT molecular complexity index is 1180. The molecule has 0 saturated carbocycles. The summed E-state index contributed by atoms with van der Waals surface area (Å²) in [5, 5.41) is 13.1. The van der Waals surface area contributed by atoms with E-state index in [9.17, 15) is 10.1 Å². The highest BCUT2D eigenvalue weighted by molar-refractivity contribution is 7.19. The van der Waals surface area contributed by atoms with Gasteiger partial charge < -0.3 is 19.9 Å². The van der Waals surface area contributed by atoms with Crippen LogP contribution in [0.2, 0.25) is 0 Å². The quantitative estimate of drug-likeness (QED) is 0.491. The Morgan fingerprint density at radius 3 is 2.59 bits per heavy atom. The van der Waals surface area contributed by atoms with Gasteiger partial charge in [-0.25, -0.2) is 9.78 Å². The van der Waals surface area contributed by atoms with E-state index in [2.05, 4.69) is 48.4 Å². The number of nitrogens with zero attached hydrogens (tertiary/aromatic N) is 4. The molecule has 1 heterocycles. The Morgan fingerprint density at radius 2 is 1.91 bits per heavy atom. The number of aromatic nitrogens is 1. The number of carbonyl (C=O) groups excluding carboxylic acids is 1. The molecule has 0 bridgehead atoms. The van der Waals surface area contributed by atoms with Crippen LogP contribution in [-0.4, -0.2) is 55.8 Å². The fourth-order valence-corrected chi connectivity index (χ4v) is 4.71.